The van der Waals surface area contributed by atoms with E-state index in [4.69, 9.17) is 5.73 Å². The van der Waals surface area contributed by atoms with Gasteiger partial charge in [0, 0.05) is 24.8 Å². The first-order valence-corrected chi connectivity index (χ1v) is 7.12. The lowest BCUT2D eigenvalue weighted by Gasteiger charge is -2.39. The minimum atomic E-state index is 0.178. The standard InChI is InChI=1S/C16H26N2/c1-4-15(17)13-6-8-14(9-7-13)18-11-5-10-16(2,3)12-18/h6-9,15H,4-5,10-12,17H2,1-3H3/t15-/m1/s1. The van der Waals surface area contributed by atoms with Crippen molar-refractivity contribution in [3.8, 4) is 0 Å². The Kier molecular flexibility index (Phi) is 3.96. The Balaban J connectivity index is 2.09. The molecular formula is C16H26N2. The molecule has 1 heterocycles. The number of rotatable bonds is 3. The zero-order chi connectivity index (χ0) is 13.2. The van der Waals surface area contributed by atoms with Crippen molar-refractivity contribution in [3.63, 3.8) is 0 Å². The van der Waals surface area contributed by atoms with E-state index >= 15 is 0 Å². The molecule has 1 aromatic rings. The monoisotopic (exact) mass is 246 g/mol. The Bertz CT molecular complexity index is 381. The minimum absolute atomic E-state index is 0.178. The molecule has 1 aromatic carbocycles. The third-order valence-corrected chi connectivity index (χ3v) is 4.03. The minimum Gasteiger partial charge on any atom is -0.371 e. The predicted octanol–water partition coefficient (Wildman–Crippen LogP) is 3.72. The van der Waals surface area contributed by atoms with Crippen molar-refractivity contribution in [2.45, 2.75) is 46.1 Å². The summed E-state index contributed by atoms with van der Waals surface area (Å²) in [5.41, 5.74) is 9.08. The maximum atomic E-state index is 6.05. The zero-order valence-electron chi connectivity index (χ0n) is 11.9. The van der Waals surface area contributed by atoms with E-state index in [2.05, 4.69) is 49.9 Å². The van der Waals surface area contributed by atoms with Crippen molar-refractivity contribution in [2.24, 2.45) is 11.1 Å². The van der Waals surface area contributed by atoms with Gasteiger partial charge >= 0.3 is 0 Å². The van der Waals surface area contributed by atoms with E-state index in [-0.39, 0.29) is 6.04 Å². The molecule has 0 saturated carbocycles. The largest absolute Gasteiger partial charge is 0.371 e. The van der Waals surface area contributed by atoms with Gasteiger partial charge in [-0.1, -0.05) is 32.9 Å². The highest BCUT2D eigenvalue weighted by atomic mass is 15.1. The van der Waals surface area contributed by atoms with Gasteiger partial charge in [0.15, 0.2) is 0 Å². The zero-order valence-corrected chi connectivity index (χ0v) is 11.9. The molecule has 1 atom stereocenters. The first kappa shape index (κ1) is 13.4. The van der Waals surface area contributed by atoms with Gasteiger partial charge in [-0.3, -0.25) is 0 Å². The molecule has 0 bridgehead atoms. The van der Waals surface area contributed by atoms with Crippen molar-refractivity contribution in [1.82, 2.24) is 0 Å². The van der Waals surface area contributed by atoms with E-state index in [0.717, 1.165) is 13.0 Å². The average molecular weight is 246 g/mol. The summed E-state index contributed by atoms with van der Waals surface area (Å²) in [6.45, 7) is 9.20. The average Bonchev–Trinajstić information content (AvgIpc) is 2.37. The second-order valence-electron chi connectivity index (χ2n) is 6.30. The summed E-state index contributed by atoms with van der Waals surface area (Å²) in [5.74, 6) is 0. The summed E-state index contributed by atoms with van der Waals surface area (Å²) in [6.07, 6.45) is 3.63. The lowest BCUT2D eigenvalue weighted by Crippen LogP contribution is -2.40. The van der Waals surface area contributed by atoms with Gasteiger partial charge in [-0.05, 0) is 42.4 Å². The maximum Gasteiger partial charge on any atom is 0.0366 e. The van der Waals surface area contributed by atoms with Gasteiger partial charge in [0.25, 0.3) is 0 Å². The molecule has 1 saturated heterocycles. The number of nitrogens with two attached hydrogens (primary N) is 1. The molecule has 0 aromatic heterocycles. The molecular weight excluding hydrogens is 220 g/mol. The summed E-state index contributed by atoms with van der Waals surface area (Å²) >= 11 is 0. The van der Waals surface area contributed by atoms with Crippen LogP contribution in [0.15, 0.2) is 24.3 Å². The van der Waals surface area contributed by atoms with Crippen molar-refractivity contribution in [3.05, 3.63) is 29.8 Å². The summed E-state index contributed by atoms with van der Waals surface area (Å²) in [7, 11) is 0. The van der Waals surface area contributed by atoms with Gasteiger partial charge in [0.1, 0.15) is 0 Å². The maximum absolute atomic E-state index is 6.05. The van der Waals surface area contributed by atoms with Gasteiger partial charge < -0.3 is 10.6 Å². The van der Waals surface area contributed by atoms with E-state index in [1.165, 1.54) is 30.6 Å². The highest BCUT2D eigenvalue weighted by Gasteiger charge is 2.26. The molecule has 2 rings (SSSR count). The number of hydrogen-bond acceptors (Lipinski definition) is 2. The smallest absolute Gasteiger partial charge is 0.0366 e. The summed E-state index contributed by atoms with van der Waals surface area (Å²) < 4.78 is 0. The van der Waals surface area contributed by atoms with E-state index < -0.39 is 0 Å². The van der Waals surface area contributed by atoms with Crippen molar-refractivity contribution in [1.29, 1.82) is 0 Å². The Morgan fingerprint density at radius 1 is 1.28 bits per heavy atom. The Morgan fingerprint density at radius 3 is 2.50 bits per heavy atom. The SMILES string of the molecule is CC[C@@H](N)c1ccc(N2CCCC(C)(C)C2)cc1. The van der Waals surface area contributed by atoms with Crippen LogP contribution >= 0.6 is 0 Å². The molecule has 2 nitrogen and oxygen atoms in total. The van der Waals surface area contributed by atoms with E-state index in [1.54, 1.807) is 0 Å². The second kappa shape index (κ2) is 5.31. The fraction of sp³-hybridized carbons (Fsp3) is 0.625. The highest BCUT2D eigenvalue weighted by molar-refractivity contribution is 5.48. The lowest BCUT2D eigenvalue weighted by molar-refractivity contribution is 0.293. The lowest BCUT2D eigenvalue weighted by atomic mass is 9.84. The van der Waals surface area contributed by atoms with E-state index in [1.807, 2.05) is 0 Å². The van der Waals surface area contributed by atoms with Crippen LogP contribution in [0, 0.1) is 5.41 Å². The molecule has 0 aliphatic carbocycles. The first-order chi connectivity index (χ1) is 8.52. The Hall–Kier alpha value is -1.02. The molecule has 0 unspecified atom stereocenters. The molecule has 2 heteroatoms. The fourth-order valence-electron chi connectivity index (χ4n) is 2.81. The number of hydrogen-bond donors (Lipinski definition) is 1. The molecule has 1 aliphatic rings. The van der Waals surface area contributed by atoms with Crippen LogP contribution < -0.4 is 10.6 Å². The third-order valence-electron chi connectivity index (χ3n) is 4.03. The van der Waals surface area contributed by atoms with Crippen molar-refractivity contribution >= 4 is 5.69 Å². The first-order valence-electron chi connectivity index (χ1n) is 7.12. The van der Waals surface area contributed by atoms with Crippen LogP contribution in [-0.4, -0.2) is 13.1 Å². The molecule has 1 fully saturated rings. The molecule has 2 N–H and O–H groups in total. The van der Waals surface area contributed by atoms with Crippen LogP contribution in [0.2, 0.25) is 0 Å². The van der Waals surface area contributed by atoms with Crippen molar-refractivity contribution < 1.29 is 0 Å². The Labute approximate surface area is 111 Å². The predicted molar refractivity (Wildman–Crippen MR) is 78.9 cm³/mol. The van der Waals surface area contributed by atoms with Crippen LogP contribution in [-0.2, 0) is 0 Å². The number of nitrogens with zero attached hydrogens (tertiary/aromatic N) is 1. The fourth-order valence-corrected chi connectivity index (χ4v) is 2.81. The van der Waals surface area contributed by atoms with Gasteiger partial charge in [-0.15, -0.1) is 0 Å². The summed E-state index contributed by atoms with van der Waals surface area (Å²) in [4.78, 5) is 2.50. The van der Waals surface area contributed by atoms with Crippen LogP contribution in [0.1, 0.15) is 51.6 Å². The highest BCUT2D eigenvalue weighted by Crippen LogP contribution is 2.31. The van der Waals surface area contributed by atoms with Crippen LogP contribution in [0.5, 0.6) is 0 Å². The van der Waals surface area contributed by atoms with Gasteiger partial charge in [0.2, 0.25) is 0 Å². The number of benzene rings is 1. The van der Waals surface area contributed by atoms with E-state index in [0.29, 0.717) is 5.41 Å². The Morgan fingerprint density at radius 2 is 1.94 bits per heavy atom. The summed E-state index contributed by atoms with van der Waals surface area (Å²) in [6, 6.07) is 9.01. The second-order valence-corrected chi connectivity index (χ2v) is 6.30. The van der Waals surface area contributed by atoms with Crippen LogP contribution in [0.4, 0.5) is 5.69 Å². The molecule has 0 spiro atoms. The molecule has 1 aliphatic heterocycles. The van der Waals surface area contributed by atoms with E-state index in [9.17, 15) is 0 Å². The molecule has 0 amide bonds. The van der Waals surface area contributed by atoms with Crippen molar-refractivity contribution in [2.75, 3.05) is 18.0 Å². The van der Waals surface area contributed by atoms with Crippen LogP contribution in [0.25, 0.3) is 0 Å². The van der Waals surface area contributed by atoms with Crippen LogP contribution in [0.3, 0.4) is 0 Å². The van der Waals surface area contributed by atoms with Gasteiger partial charge in [-0.2, -0.15) is 0 Å². The quantitative estimate of drug-likeness (QED) is 0.880. The third kappa shape index (κ3) is 3.05. The normalized spacial score (nSPS) is 20.8. The summed E-state index contributed by atoms with van der Waals surface area (Å²) in [5, 5.41) is 0. The number of piperidine rings is 1. The van der Waals surface area contributed by atoms with Gasteiger partial charge in [0.05, 0.1) is 0 Å². The number of anilines is 1. The molecule has 0 radical (unpaired) electrons. The molecule has 100 valence electrons. The molecule has 18 heavy (non-hydrogen) atoms. The van der Waals surface area contributed by atoms with Gasteiger partial charge in [-0.25, -0.2) is 0 Å². The topological polar surface area (TPSA) is 29.3 Å².